The summed E-state index contributed by atoms with van der Waals surface area (Å²) in [4.78, 5) is 4.34. The lowest BCUT2D eigenvalue weighted by molar-refractivity contribution is 0.324. The molecule has 0 saturated carbocycles. The van der Waals surface area contributed by atoms with Gasteiger partial charge < -0.3 is 18.9 Å². The molecule has 0 N–H and O–H groups in total. The third-order valence-electron chi connectivity index (χ3n) is 3.61. The molecule has 1 aromatic heterocycles. The molecule has 0 aliphatic heterocycles. The highest BCUT2D eigenvalue weighted by molar-refractivity contribution is 9.10. The largest absolute Gasteiger partial charge is 0.492 e. The van der Waals surface area contributed by atoms with Crippen LogP contribution in [-0.2, 0) is 0 Å². The molecule has 123 valence electrons. The summed E-state index contributed by atoms with van der Waals surface area (Å²) in [5, 5.41) is 0. The summed E-state index contributed by atoms with van der Waals surface area (Å²) < 4.78 is 22.8. The zero-order chi connectivity index (χ0) is 17.1. The maximum Gasteiger partial charge on any atom is 0.221 e. The molecule has 6 heteroatoms. The number of halogens is 1. The highest BCUT2D eigenvalue weighted by Crippen LogP contribution is 2.49. The van der Waals surface area contributed by atoms with Gasteiger partial charge in [0.15, 0.2) is 11.5 Å². The number of hydrogen-bond donors (Lipinski definition) is 0. The van der Waals surface area contributed by atoms with E-state index in [0.717, 1.165) is 26.7 Å². The number of aromatic nitrogens is 1. The number of hydrogen-bond acceptors (Lipinski definition) is 5. The Kier molecular flexibility index (Phi) is 5.36. The Bertz CT molecular complexity index is 731. The van der Waals surface area contributed by atoms with E-state index >= 15 is 0 Å². The van der Waals surface area contributed by atoms with Gasteiger partial charge in [-0.2, -0.15) is 0 Å². The number of rotatable bonds is 5. The van der Waals surface area contributed by atoms with Gasteiger partial charge in [0, 0.05) is 22.3 Å². The molecule has 0 unspecified atom stereocenters. The van der Waals surface area contributed by atoms with Crippen molar-refractivity contribution in [2.24, 2.45) is 0 Å². The fraction of sp³-hybridized carbons (Fsp3) is 0.353. The number of nitrogens with zero attached hydrogens (tertiary/aromatic N) is 1. The van der Waals surface area contributed by atoms with Crippen LogP contribution >= 0.6 is 15.9 Å². The lowest BCUT2D eigenvalue weighted by Gasteiger charge is -2.20. The minimum absolute atomic E-state index is 0.483. The van der Waals surface area contributed by atoms with E-state index in [2.05, 4.69) is 27.0 Å². The maximum atomic E-state index is 5.62. The third kappa shape index (κ3) is 2.95. The molecule has 1 heterocycles. The van der Waals surface area contributed by atoms with E-state index in [1.165, 1.54) is 0 Å². The van der Waals surface area contributed by atoms with E-state index in [-0.39, 0.29) is 0 Å². The van der Waals surface area contributed by atoms with Crippen LogP contribution in [0, 0.1) is 19.9 Å². The van der Waals surface area contributed by atoms with E-state index in [1.807, 2.05) is 13.8 Å². The molecule has 2 aromatic rings. The monoisotopic (exact) mass is 380 g/mol. The van der Waals surface area contributed by atoms with Gasteiger partial charge in [-0.05, 0) is 40.9 Å². The SMILES string of the molecule is COc1[c]c(C)c(-c2c(OC)ncc(Br)c2C)c(OC)c1OC. The van der Waals surface area contributed by atoms with Gasteiger partial charge in [0.25, 0.3) is 0 Å². The average molecular weight is 381 g/mol. The zero-order valence-electron chi connectivity index (χ0n) is 14.0. The van der Waals surface area contributed by atoms with E-state index in [9.17, 15) is 0 Å². The Labute approximate surface area is 144 Å². The Balaban J connectivity index is 2.92. The molecular weight excluding hydrogens is 362 g/mol. The van der Waals surface area contributed by atoms with Crippen molar-refractivity contribution < 1.29 is 18.9 Å². The van der Waals surface area contributed by atoms with Gasteiger partial charge in [-0.3, -0.25) is 0 Å². The Hall–Kier alpha value is -1.95. The Morgan fingerprint density at radius 3 is 2.09 bits per heavy atom. The average Bonchev–Trinajstić information content (AvgIpc) is 2.56. The van der Waals surface area contributed by atoms with E-state index < -0.39 is 0 Å². The number of aryl methyl sites for hydroxylation is 1. The topological polar surface area (TPSA) is 49.8 Å². The van der Waals surface area contributed by atoms with Crippen molar-refractivity contribution in [2.75, 3.05) is 28.4 Å². The third-order valence-corrected chi connectivity index (χ3v) is 4.41. The van der Waals surface area contributed by atoms with Gasteiger partial charge in [0.1, 0.15) is 0 Å². The lowest BCUT2D eigenvalue weighted by atomic mass is 9.95. The van der Waals surface area contributed by atoms with Gasteiger partial charge in [-0.15, -0.1) is 0 Å². The quantitative estimate of drug-likeness (QED) is 0.785. The van der Waals surface area contributed by atoms with Gasteiger partial charge in [-0.25, -0.2) is 4.98 Å². The molecule has 23 heavy (non-hydrogen) atoms. The molecule has 0 bridgehead atoms. The first-order chi connectivity index (χ1) is 11.0. The van der Waals surface area contributed by atoms with Gasteiger partial charge >= 0.3 is 0 Å². The standard InChI is InChI=1S/C17H19BrNO4/c1-9-7-12(20-3)15(21-4)16(22-5)13(9)14-10(2)11(18)8-19-17(14)23-6/h8H,1-6H3. The van der Waals surface area contributed by atoms with Crippen molar-refractivity contribution in [2.45, 2.75) is 13.8 Å². The Morgan fingerprint density at radius 2 is 1.57 bits per heavy atom. The fourth-order valence-electron chi connectivity index (χ4n) is 2.51. The van der Waals surface area contributed by atoms with E-state index in [4.69, 9.17) is 18.9 Å². The van der Waals surface area contributed by atoms with Crippen LogP contribution < -0.4 is 18.9 Å². The summed E-state index contributed by atoms with van der Waals surface area (Å²) in [5.74, 6) is 2.04. The first kappa shape index (κ1) is 17.4. The van der Waals surface area contributed by atoms with Gasteiger partial charge in [0.2, 0.25) is 11.6 Å². The summed E-state index contributed by atoms with van der Waals surface area (Å²) in [6, 6.07) is 3.19. The van der Waals surface area contributed by atoms with Crippen molar-refractivity contribution in [3.8, 4) is 34.3 Å². The van der Waals surface area contributed by atoms with Crippen LogP contribution in [-0.4, -0.2) is 33.4 Å². The second-order valence-corrected chi connectivity index (χ2v) is 5.69. The lowest BCUT2D eigenvalue weighted by Crippen LogP contribution is -2.02. The van der Waals surface area contributed by atoms with Gasteiger partial charge in [-0.1, -0.05) is 0 Å². The van der Waals surface area contributed by atoms with Crippen molar-refractivity contribution in [1.82, 2.24) is 4.98 Å². The van der Waals surface area contributed by atoms with Crippen LogP contribution in [0.4, 0.5) is 0 Å². The molecular formula is C17H19BrNO4. The number of methoxy groups -OCH3 is 4. The molecule has 5 nitrogen and oxygen atoms in total. The maximum absolute atomic E-state index is 5.62. The number of benzene rings is 1. The van der Waals surface area contributed by atoms with Crippen LogP contribution in [0.25, 0.3) is 11.1 Å². The smallest absolute Gasteiger partial charge is 0.221 e. The van der Waals surface area contributed by atoms with Crippen molar-refractivity contribution in [1.29, 1.82) is 0 Å². The minimum Gasteiger partial charge on any atom is -0.492 e. The van der Waals surface area contributed by atoms with Crippen LogP contribution in [0.2, 0.25) is 0 Å². The van der Waals surface area contributed by atoms with E-state index in [0.29, 0.717) is 23.1 Å². The van der Waals surface area contributed by atoms with Crippen molar-refractivity contribution >= 4 is 15.9 Å². The molecule has 2 rings (SSSR count). The first-order valence-electron chi connectivity index (χ1n) is 6.91. The first-order valence-corrected chi connectivity index (χ1v) is 7.70. The second kappa shape index (κ2) is 7.08. The summed E-state index contributed by atoms with van der Waals surface area (Å²) in [5.41, 5.74) is 3.47. The van der Waals surface area contributed by atoms with Crippen LogP contribution in [0.3, 0.4) is 0 Å². The molecule has 0 aliphatic rings. The fourth-order valence-corrected chi connectivity index (χ4v) is 2.81. The minimum atomic E-state index is 0.483. The second-order valence-electron chi connectivity index (χ2n) is 4.84. The molecule has 0 spiro atoms. The summed E-state index contributed by atoms with van der Waals surface area (Å²) in [6.45, 7) is 3.92. The highest BCUT2D eigenvalue weighted by Gasteiger charge is 2.25. The molecule has 0 amide bonds. The predicted molar refractivity (Wildman–Crippen MR) is 91.9 cm³/mol. The van der Waals surface area contributed by atoms with Crippen LogP contribution in [0.15, 0.2) is 10.7 Å². The molecule has 1 radical (unpaired) electrons. The summed E-state index contributed by atoms with van der Waals surface area (Å²) >= 11 is 3.52. The molecule has 0 aliphatic carbocycles. The van der Waals surface area contributed by atoms with Crippen LogP contribution in [0.5, 0.6) is 23.1 Å². The predicted octanol–water partition coefficient (Wildman–Crippen LogP) is 3.96. The molecule has 1 aromatic carbocycles. The highest BCUT2D eigenvalue weighted by atomic mass is 79.9. The summed E-state index contributed by atoms with van der Waals surface area (Å²) in [6.07, 6.45) is 1.71. The molecule has 0 saturated heterocycles. The Morgan fingerprint density at radius 1 is 0.913 bits per heavy atom. The number of pyridine rings is 1. The zero-order valence-corrected chi connectivity index (χ0v) is 15.6. The molecule has 0 atom stereocenters. The summed E-state index contributed by atoms with van der Waals surface area (Å²) in [7, 11) is 6.31. The molecule has 0 fully saturated rings. The van der Waals surface area contributed by atoms with Crippen LogP contribution in [0.1, 0.15) is 11.1 Å². The number of ether oxygens (including phenoxy) is 4. The van der Waals surface area contributed by atoms with Gasteiger partial charge in [0.05, 0.1) is 34.0 Å². The normalized spacial score (nSPS) is 10.4. The van der Waals surface area contributed by atoms with Crippen molar-refractivity contribution in [3.05, 3.63) is 27.9 Å². The van der Waals surface area contributed by atoms with Crippen molar-refractivity contribution in [3.63, 3.8) is 0 Å². The van der Waals surface area contributed by atoms with E-state index in [1.54, 1.807) is 34.6 Å².